The number of carbonyl (C=O) groups is 4. The Balaban J connectivity index is 2.64. The van der Waals surface area contributed by atoms with Crippen molar-refractivity contribution in [1.82, 2.24) is 5.32 Å². The zero-order chi connectivity index (χ0) is 33.8. The van der Waals surface area contributed by atoms with Crippen LogP contribution in [0.5, 0.6) is 0 Å². The van der Waals surface area contributed by atoms with Gasteiger partial charge in [0.1, 0.15) is 6.10 Å². The highest BCUT2D eigenvalue weighted by Gasteiger charge is 2.34. The molecule has 0 aromatic rings. The molecule has 2 amide bonds. The summed E-state index contributed by atoms with van der Waals surface area (Å²) in [4.78, 5) is 51.6. The SMILES string of the molecule is C=C(C1CCC(O)[C@@H](C)/C=C(\C)C(OC(N)=O)C(OC)/C=C\C=C(/C)C(=O)NC2=CC(=O)C(OC)=C(C1)C2=O)[C@@H](N)CCSC. The summed E-state index contributed by atoms with van der Waals surface area (Å²) in [5, 5.41) is 13.8. The fourth-order valence-corrected chi connectivity index (χ4v) is 5.77. The van der Waals surface area contributed by atoms with E-state index in [1.165, 1.54) is 20.3 Å². The molecule has 0 radical (unpaired) electrons. The minimum atomic E-state index is -0.997. The normalized spacial score (nSPS) is 29.4. The number of thioether (sulfide) groups is 1. The summed E-state index contributed by atoms with van der Waals surface area (Å²) in [6, 6.07) is -0.380. The van der Waals surface area contributed by atoms with Gasteiger partial charge in [-0.05, 0) is 63.0 Å². The molecule has 2 rings (SSSR count). The van der Waals surface area contributed by atoms with E-state index in [4.69, 9.17) is 25.7 Å². The van der Waals surface area contributed by atoms with Gasteiger partial charge in [0.15, 0.2) is 11.9 Å². The van der Waals surface area contributed by atoms with Gasteiger partial charge in [-0.3, -0.25) is 14.4 Å². The van der Waals surface area contributed by atoms with Crippen LogP contribution in [0.1, 0.15) is 46.5 Å². The number of nitrogens with two attached hydrogens (primary N) is 2. The third kappa shape index (κ3) is 10.6. The molecule has 6 N–H and O–H groups in total. The van der Waals surface area contributed by atoms with Crippen LogP contribution in [0.15, 0.2) is 70.7 Å². The summed E-state index contributed by atoms with van der Waals surface area (Å²) < 4.78 is 16.3. The Morgan fingerprint density at radius 2 is 1.91 bits per heavy atom. The molecule has 0 saturated carbocycles. The molecule has 6 atom stereocenters. The number of amides is 2. The lowest BCUT2D eigenvalue weighted by Crippen LogP contribution is -2.35. The number of ketones is 2. The predicted molar refractivity (Wildman–Crippen MR) is 175 cm³/mol. The average Bonchev–Trinajstić information content (AvgIpc) is 2.99. The second-order valence-electron chi connectivity index (χ2n) is 11.3. The lowest BCUT2D eigenvalue weighted by atomic mass is 9.80. The fraction of sp³-hybridized carbons (Fsp3) is 0.515. The number of allylic oxidation sites excluding steroid dienone is 4. The summed E-state index contributed by atoms with van der Waals surface area (Å²) in [5.41, 5.74) is 13.3. The molecule has 2 bridgehead atoms. The molecule has 0 spiro atoms. The number of hydrogen-bond acceptors (Lipinski definition) is 10. The molecule has 1 aliphatic carbocycles. The number of primary amides is 1. The minimum absolute atomic E-state index is 0.0737. The fourth-order valence-electron chi connectivity index (χ4n) is 5.29. The lowest BCUT2D eigenvalue weighted by molar-refractivity contribution is -0.120. The van der Waals surface area contributed by atoms with Crippen molar-refractivity contribution in [2.75, 3.05) is 26.2 Å². The monoisotopic (exact) mass is 645 g/mol. The number of ether oxygens (including phenoxy) is 3. The van der Waals surface area contributed by atoms with E-state index in [9.17, 15) is 24.3 Å². The first kappa shape index (κ1) is 37.7. The predicted octanol–water partition coefficient (Wildman–Crippen LogP) is 3.40. The van der Waals surface area contributed by atoms with Gasteiger partial charge in [-0.2, -0.15) is 11.8 Å². The van der Waals surface area contributed by atoms with E-state index in [0.717, 1.165) is 11.8 Å². The van der Waals surface area contributed by atoms with Crippen molar-refractivity contribution >= 4 is 35.3 Å². The molecule has 11 nitrogen and oxygen atoms in total. The number of hydrogen-bond donors (Lipinski definition) is 4. The Kier molecular flexibility index (Phi) is 15.0. The van der Waals surface area contributed by atoms with Gasteiger partial charge in [-0.25, -0.2) is 4.79 Å². The number of aliphatic hydroxyl groups excluding tert-OH is 1. The number of aliphatic hydroxyl groups is 1. The molecule has 12 heteroatoms. The van der Waals surface area contributed by atoms with Gasteiger partial charge in [0.25, 0.3) is 5.91 Å². The Bertz CT molecular complexity index is 1300. The molecule has 0 aromatic carbocycles. The Morgan fingerprint density at radius 1 is 1.22 bits per heavy atom. The molecule has 45 heavy (non-hydrogen) atoms. The van der Waals surface area contributed by atoms with E-state index in [-0.39, 0.29) is 41.0 Å². The summed E-state index contributed by atoms with van der Waals surface area (Å²) >= 11 is 1.65. The van der Waals surface area contributed by atoms with E-state index >= 15 is 0 Å². The van der Waals surface area contributed by atoms with Crippen LogP contribution in [0.4, 0.5) is 4.79 Å². The molecule has 2 aliphatic rings. The lowest BCUT2D eigenvalue weighted by Gasteiger charge is -2.29. The first-order valence-electron chi connectivity index (χ1n) is 14.8. The molecular weight excluding hydrogens is 598 g/mol. The second kappa shape index (κ2) is 17.9. The summed E-state index contributed by atoms with van der Waals surface area (Å²) in [5.74, 6) is -1.77. The Morgan fingerprint density at radius 3 is 2.51 bits per heavy atom. The number of Topliss-reactive ketones (excluding diaryl/α,β-unsaturated/α-hetero) is 1. The van der Waals surface area contributed by atoms with Gasteiger partial charge < -0.3 is 36.1 Å². The van der Waals surface area contributed by atoms with E-state index < -0.39 is 47.8 Å². The number of nitrogens with one attached hydrogen (secondary N) is 1. The van der Waals surface area contributed by atoms with E-state index in [1.807, 2.05) is 13.2 Å². The standard InChI is InChI=1S/C33H47N3O8S/c1-18-9-8-10-28(42-5)30(44-33(35)41)20(3)15-19(2)26(37)12-11-22(21(4)24(34)13-14-45-7)16-23-29(39)25(36-32(18)40)17-27(38)31(23)43-6/h8-10,15,17,19,22,24,26,28,30,37H,4,11-14,16,34H2,1-3,5-7H3,(H2,35,41)(H,36,40)/b10-8-,18-9+,20-15+/t19-,22?,24-,26?,28?,30?/m0/s1. The summed E-state index contributed by atoms with van der Waals surface area (Å²) in [6.45, 7) is 9.39. The third-order valence-electron chi connectivity index (χ3n) is 8.04. The highest BCUT2D eigenvalue weighted by molar-refractivity contribution is 7.98. The van der Waals surface area contributed by atoms with Crippen LogP contribution in [-0.2, 0) is 28.6 Å². The minimum Gasteiger partial charge on any atom is -0.492 e. The molecule has 1 heterocycles. The first-order valence-corrected chi connectivity index (χ1v) is 16.2. The van der Waals surface area contributed by atoms with Crippen molar-refractivity contribution in [2.45, 2.75) is 70.8 Å². The second-order valence-corrected chi connectivity index (χ2v) is 12.3. The van der Waals surface area contributed by atoms with Gasteiger partial charge >= 0.3 is 6.09 Å². The molecule has 1 aliphatic heterocycles. The molecule has 248 valence electrons. The molecule has 0 saturated heterocycles. The van der Waals surface area contributed by atoms with Crippen LogP contribution in [0.3, 0.4) is 0 Å². The zero-order valence-electron chi connectivity index (χ0n) is 27.0. The summed E-state index contributed by atoms with van der Waals surface area (Å²) in [6.07, 6.45) is 7.37. The van der Waals surface area contributed by atoms with Gasteiger partial charge in [0.2, 0.25) is 11.6 Å². The van der Waals surface area contributed by atoms with Crippen LogP contribution < -0.4 is 16.8 Å². The van der Waals surface area contributed by atoms with Gasteiger partial charge in [0.05, 0.1) is 18.9 Å². The van der Waals surface area contributed by atoms with Crippen molar-refractivity contribution in [2.24, 2.45) is 23.3 Å². The van der Waals surface area contributed by atoms with Gasteiger partial charge in [-0.1, -0.05) is 43.4 Å². The van der Waals surface area contributed by atoms with Crippen molar-refractivity contribution in [3.05, 3.63) is 70.7 Å². The maximum atomic E-state index is 13.7. The number of rotatable bonds is 8. The van der Waals surface area contributed by atoms with Crippen molar-refractivity contribution in [3.63, 3.8) is 0 Å². The van der Waals surface area contributed by atoms with Crippen LogP contribution in [0.2, 0.25) is 0 Å². The number of fused-ring (bicyclic) bond motifs is 2. The van der Waals surface area contributed by atoms with Crippen LogP contribution in [0, 0.1) is 11.8 Å². The molecule has 0 fully saturated rings. The summed E-state index contributed by atoms with van der Waals surface area (Å²) in [7, 11) is 2.75. The Hall–Kier alpha value is -3.45. The van der Waals surface area contributed by atoms with Crippen LogP contribution in [0.25, 0.3) is 0 Å². The van der Waals surface area contributed by atoms with E-state index in [0.29, 0.717) is 30.4 Å². The van der Waals surface area contributed by atoms with Crippen molar-refractivity contribution in [3.8, 4) is 0 Å². The first-order chi connectivity index (χ1) is 21.2. The molecular formula is C33H47N3O8S. The molecule has 4 unspecified atom stereocenters. The number of carbonyl (C=O) groups excluding carboxylic acids is 4. The Labute approximate surface area is 269 Å². The third-order valence-corrected chi connectivity index (χ3v) is 8.68. The quantitative estimate of drug-likeness (QED) is 0.226. The van der Waals surface area contributed by atoms with Crippen LogP contribution >= 0.6 is 11.8 Å². The van der Waals surface area contributed by atoms with Gasteiger partial charge in [0, 0.05) is 36.3 Å². The highest BCUT2D eigenvalue weighted by atomic mass is 32.2. The van der Waals surface area contributed by atoms with Crippen molar-refractivity contribution in [1.29, 1.82) is 0 Å². The van der Waals surface area contributed by atoms with Crippen LogP contribution in [-0.4, -0.2) is 79.3 Å². The smallest absolute Gasteiger partial charge is 0.405 e. The van der Waals surface area contributed by atoms with Gasteiger partial charge in [-0.15, -0.1) is 0 Å². The van der Waals surface area contributed by atoms with Crippen molar-refractivity contribution < 1.29 is 38.5 Å². The van der Waals surface area contributed by atoms with E-state index in [1.54, 1.807) is 43.8 Å². The largest absolute Gasteiger partial charge is 0.492 e. The topological polar surface area (TPSA) is 180 Å². The maximum Gasteiger partial charge on any atom is 0.405 e. The highest BCUT2D eigenvalue weighted by Crippen LogP contribution is 2.33. The zero-order valence-corrected chi connectivity index (χ0v) is 27.8. The average molecular weight is 646 g/mol. The molecule has 0 aromatic heterocycles. The number of methoxy groups -OCH3 is 2. The maximum absolute atomic E-state index is 13.7. The van der Waals surface area contributed by atoms with E-state index in [2.05, 4.69) is 11.9 Å².